The summed E-state index contributed by atoms with van der Waals surface area (Å²) < 4.78 is 0. The van der Waals surface area contributed by atoms with Crippen molar-refractivity contribution in [3.63, 3.8) is 0 Å². The zero-order valence-electron chi connectivity index (χ0n) is 20.3. The Morgan fingerprint density at radius 3 is 1.42 bits per heavy atom. The smallest absolute Gasteiger partial charge is 0.237 e. The standard InChI is InChI=1S/C31H26N2O3/c1-3-32-19-17-21(23-9-5-7-11-27(23)32)13-15-25-29(34)26(31(36)30(25)35)16-14-22-18-20-33(4-2)28-12-8-6-10-24(22)28/h5-20H,3-4H2,1-2H3. The van der Waals surface area contributed by atoms with E-state index in [-0.39, 0.29) is 10.4 Å². The molecule has 0 bridgehead atoms. The summed E-state index contributed by atoms with van der Waals surface area (Å²) in [4.78, 5) is 42.7. The van der Waals surface area contributed by atoms with Crippen molar-refractivity contribution < 1.29 is 0 Å². The van der Waals surface area contributed by atoms with E-state index in [1.54, 1.807) is 12.2 Å². The van der Waals surface area contributed by atoms with Gasteiger partial charge in [-0.2, -0.15) is 0 Å². The lowest BCUT2D eigenvalue weighted by atomic mass is 9.99. The van der Waals surface area contributed by atoms with E-state index in [1.807, 2.05) is 73.1 Å². The fraction of sp³-hybridized carbons (Fsp3) is 0.129. The van der Waals surface area contributed by atoms with Crippen molar-refractivity contribution in [1.82, 2.24) is 0 Å². The summed E-state index contributed by atoms with van der Waals surface area (Å²) in [5.41, 5.74) is 3.82. The summed E-state index contributed by atoms with van der Waals surface area (Å²) in [6.07, 6.45) is 14.3. The summed E-state index contributed by atoms with van der Waals surface area (Å²) in [6, 6.07) is 15.9. The van der Waals surface area contributed by atoms with Crippen LogP contribution in [0.5, 0.6) is 0 Å². The maximum Gasteiger partial charge on any atom is 0.237 e. The van der Waals surface area contributed by atoms with Crippen molar-refractivity contribution >= 4 is 34.7 Å². The molecule has 0 aliphatic carbocycles. The number of hydrogen-bond donors (Lipinski definition) is 0. The van der Waals surface area contributed by atoms with Crippen molar-refractivity contribution in [3.8, 4) is 0 Å². The summed E-state index contributed by atoms with van der Waals surface area (Å²) in [7, 11) is 0. The number of para-hydroxylation sites is 2. The molecule has 5 heteroatoms. The lowest BCUT2D eigenvalue weighted by Crippen LogP contribution is -2.35. The Balaban J connectivity index is 1.59. The third-order valence-electron chi connectivity index (χ3n) is 6.64. The van der Waals surface area contributed by atoms with Gasteiger partial charge in [0.1, 0.15) is 0 Å². The molecule has 2 aliphatic heterocycles. The minimum Gasteiger partial charge on any atom is -0.348 e. The van der Waals surface area contributed by atoms with Gasteiger partial charge in [-0.1, -0.05) is 48.6 Å². The second-order valence-corrected chi connectivity index (χ2v) is 8.63. The second-order valence-electron chi connectivity index (χ2n) is 8.63. The van der Waals surface area contributed by atoms with Gasteiger partial charge in [0.05, 0.1) is 10.4 Å². The average molecular weight is 475 g/mol. The van der Waals surface area contributed by atoms with Crippen LogP contribution in [0.3, 0.4) is 0 Å². The molecule has 2 aliphatic rings. The molecule has 0 saturated carbocycles. The van der Waals surface area contributed by atoms with Crippen molar-refractivity contribution in [2.24, 2.45) is 0 Å². The van der Waals surface area contributed by atoms with Crippen molar-refractivity contribution in [2.45, 2.75) is 13.8 Å². The number of fused-ring (bicyclic) bond motifs is 2. The monoisotopic (exact) mass is 474 g/mol. The Labute approximate surface area is 208 Å². The molecule has 3 aromatic carbocycles. The normalized spacial score (nSPS) is 17.8. The van der Waals surface area contributed by atoms with Crippen LogP contribution in [0.1, 0.15) is 25.0 Å². The highest BCUT2D eigenvalue weighted by Crippen LogP contribution is 2.33. The first-order valence-electron chi connectivity index (χ1n) is 12.1. The Morgan fingerprint density at radius 2 is 1.00 bits per heavy atom. The molecule has 0 unspecified atom stereocenters. The van der Waals surface area contributed by atoms with Crippen LogP contribution >= 0.6 is 0 Å². The Kier molecular flexibility index (Phi) is 6.21. The van der Waals surface area contributed by atoms with Crippen LogP contribution in [0.2, 0.25) is 0 Å². The zero-order valence-corrected chi connectivity index (χ0v) is 20.3. The first-order chi connectivity index (χ1) is 17.5. The van der Waals surface area contributed by atoms with Gasteiger partial charge in [0.15, 0.2) is 0 Å². The molecule has 178 valence electrons. The molecule has 0 amide bonds. The SMILES string of the molecule is CCN1C=CC(=CC=c2c(=O)c(=O)c(=CC=C3C=CN(CC)c4ccccc43)c2=O)c2ccccc21. The molecule has 36 heavy (non-hydrogen) atoms. The molecule has 0 saturated heterocycles. The Morgan fingerprint density at radius 1 is 0.583 bits per heavy atom. The maximum absolute atomic E-state index is 13.1. The highest BCUT2D eigenvalue weighted by molar-refractivity contribution is 5.89. The molecular formula is C31H26N2O3. The summed E-state index contributed by atoms with van der Waals surface area (Å²) in [6.45, 7) is 5.80. The molecule has 0 atom stereocenters. The van der Waals surface area contributed by atoms with Gasteiger partial charge in [0.25, 0.3) is 0 Å². The van der Waals surface area contributed by atoms with Crippen LogP contribution in [-0.4, -0.2) is 13.1 Å². The molecule has 0 spiro atoms. The van der Waals surface area contributed by atoms with E-state index in [9.17, 15) is 14.4 Å². The van der Waals surface area contributed by atoms with Gasteiger partial charge >= 0.3 is 0 Å². The van der Waals surface area contributed by atoms with Crippen molar-refractivity contribution in [3.05, 3.63) is 137 Å². The molecule has 5 rings (SSSR count). The van der Waals surface area contributed by atoms with E-state index < -0.39 is 16.3 Å². The molecule has 0 N–H and O–H groups in total. The van der Waals surface area contributed by atoms with Crippen molar-refractivity contribution in [1.29, 1.82) is 0 Å². The highest BCUT2D eigenvalue weighted by Gasteiger charge is 2.15. The van der Waals surface area contributed by atoms with Crippen LogP contribution in [0, 0.1) is 0 Å². The molecule has 2 heterocycles. The topological polar surface area (TPSA) is 57.7 Å². The third-order valence-corrected chi connectivity index (χ3v) is 6.64. The van der Waals surface area contributed by atoms with E-state index in [0.717, 1.165) is 46.7 Å². The lowest BCUT2D eigenvalue weighted by molar-refractivity contribution is 1.01. The number of anilines is 2. The van der Waals surface area contributed by atoms with E-state index in [4.69, 9.17) is 0 Å². The minimum absolute atomic E-state index is 0.0994. The number of hydrogen-bond acceptors (Lipinski definition) is 5. The van der Waals surface area contributed by atoms with E-state index in [2.05, 4.69) is 23.6 Å². The molecule has 0 radical (unpaired) electrons. The van der Waals surface area contributed by atoms with Gasteiger partial charge in [-0.3, -0.25) is 14.4 Å². The Bertz CT molecular complexity index is 1600. The molecular weight excluding hydrogens is 448 g/mol. The first kappa shape index (κ1) is 23.2. The summed E-state index contributed by atoms with van der Waals surface area (Å²) >= 11 is 0. The van der Waals surface area contributed by atoms with Crippen LogP contribution in [-0.2, 0) is 0 Å². The van der Waals surface area contributed by atoms with Crippen LogP contribution in [0.4, 0.5) is 11.4 Å². The Hall–Kier alpha value is -4.51. The maximum atomic E-state index is 13.1. The van der Waals surface area contributed by atoms with Crippen molar-refractivity contribution in [2.75, 3.05) is 22.9 Å². The fourth-order valence-corrected chi connectivity index (χ4v) is 4.70. The molecule has 0 fully saturated rings. The predicted octanol–water partition coefficient (Wildman–Crippen LogP) is 3.08. The van der Waals surface area contributed by atoms with Gasteiger partial charge in [0, 0.05) is 48.0 Å². The second kappa shape index (κ2) is 9.62. The third kappa shape index (κ3) is 3.99. The molecule has 0 aromatic heterocycles. The van der Waals surface area contributed by atoms with Gasteiger partial charge in [-0.05, 0) is 61.4 Å². The summed E-state index contributed by atoms with van der Waals surface area (Å²) in [5.74, 6) is 0. The minimum atomic E-state index is -0.762. The quantitative estimate of drug-likeness (QED) is 0.544. The van der Waals surface area contributed by atoms with Crippen LogP contribution in [0.15, 0.2) is 99.6 Å². The van der Waals surface area contributed by atoms with Crippen LogP contribution in [0.25, 0.3) is 23.3 Å². The zero-order chi connectivity index (χ0) is 25.2. The van der Waals surface area contributed by atoms with Gasteiger partial charge in [0.2, 0.25) is 16.3 Å². The van der Waals surface area contributed by atoms with E-state index in [1.165, 1.54) is 12.2 Å². The number of allylic oxidation sites excluding steroid dienone is 6. The summed E-state index contributed by atoms with van der Waals surface area (Å²) in [5, 5.41) is -0.199. The van der Waals surface area contributed by atoms with E-state index in [0.29, 0.717) is 0 Å². The predicted molar refractivity (Wildman–Crippen MR) is 149 cm³/mol. The number of nitrogens with zero attached hydrogens (tertiary/aromatic N) is 2. The first-order valence-corrected chi connectivity index (χ1v) is 12.1. The largest absolute Gasteiger partial charge is 0.348 e. The number of benzene rings is 2. The van der Waals surface area contributed by atoms with E-state index >= 15 is 0 Å². The molecule has 3 aromatic rings. The number of rotatable bonds is 4. The highest BCUT2D eigenvalue weighted by atomic mass is 16.2. The van der Waals surface area contributed by atoms with Gasteiger partial charge in [-0.15, -0.1) is 0 Å². The van der Waals surface area contributed by atoms with Gasteiger partial charge < -0.3 is 9.80 Å². The van der Waals surface area contributed by atoms with Gasteiger partial charge in [-0.25, -0.2) is 0 Å². The average Bonchev–Trinajstić information content (AvgIpc) is 3.12. The fourth-order valence-electron chi connectivity index (χ4n) is 4.70. The van der Waals surface area contributed by atoms with Crippen LogP contribution < -0.4 is 36.5 Å². The lowest BCUT2D eigenvalue weighted by Gasteiger charge is -2.26. The molecule has 5 nitrogen and oxygen atoms in total.